The van der Waals surface area contributed by atoms with Crippen molar-refractivity contribution in [2.45, 2.75) is 6.92 Å². The molecule has 0 aliphatic rings. The number of aryl methyl sites for hydroxylation is 1. The SMILES string of the molecule is COc1ccc(-n2nc(C(=O)Nc3ccccc3F)nc2-c2cccc(C)c2)cc1. The van der Waals surface area contributed by atoms with Gasteiger partial charge in [0.25, 0.3) is 5.91 Å². The molecule has 30 heavy (non-hydrogen) atoms. The van der Waals surface area contributed by atoms with Crippen molar-refractivity contribution in [3.63, 3.8) is 0 Å². The van der Waals surface area contributed by atoms with Crippen LogP contribution in [-0.4, -0.2) is 27.8 Å². The van der Waals surface area contributed by atoms with Crippen LogP contribution < -0.4 is 10.1 Å². The summed E-state index contributed by atoms with van der Waals surface area (Å²) in [4.78, 5) is 17.2. The van der Waals surface area contributed by atoms with Crippen LogP contribution in [-0.2, 0) is 0 Å². The van der Waals surface area contributed by atoms with Crippen LogP contribution >= 0.6 is 0 Å². The van der Waals surface area contributed by atoms with E-state index in [1.54, 1.807) is 36.1 Å². The Balaban J connectivity index is 1.77. The highest BCUT2D eigenvalue weighted by Gasteiger charge is 2.20. The Labute approximate surface area is 173 Å². The van der Waals surface area contributed by atoms with Crippen molar-refractivity contribution in [3.05, 3.63) is 90.0 Å². The molecule has 0 unspecified atom stereocenters. The molecule has 0 atom stereocenters. The van der Waals surface area contributed by atoms with E-state index in [-0.39, 0.29) is 11.5 Å². The van der Waals surface area contributed by atoms with Gasteiger partial charge in [-0.25, -0.2) is 14.1 Å². The number of benzene rings is 3. The van der Waals surface area contributed by atoms with Gasteiger partial charge in [-0.05, 0) is 49.4 Å². The second kappa shape index (κ2) is 8.16. The first-order chi connectivity index (χ1) is 14.5. The van der Waals surface area contributed by atoms with E-state index in [4.69, 9.17) is 4.74 Å². The Kier molecular flexibility index (Phi) is 5.26. The summed E-state index contributed by atoms with van der Waals surface area (Å²) < 4.78 is 20.7. The first-order valence-electron chi connectivity index (χ1n) is 9.29. The zero-order valence-electron chi connectivity index (χ0n) is 16.5. The molecule has 0 saturated heterocycles. The number of rotatable bonds is 5. The summed E-state index contributed by atoms with van der Waals surface area (Å²) in [6, 6.07) is 20.9. The third-order valence-corrected chi connectivity index (χ3v) is 4.53. The van der Waals surface area contributed by atoms with Gasteiger partial charge in [-0.3, -0.25) is 4.79 Å². The molecule has 0 bridgehead atoms. The number of hydrogen-bond donors (Lipinski definition) is 1. The number of para-hydroxylation sites is 1. The van der Waals surface area contributed by atoms with Gasteiger partial charge in [0.15, 0.2) is 5.82 Å². The number of nitrogens with one attached hydrogen (secondary N) is 1. The van der Waals surface area contributed by atoms with Gasteiger partial charge in [0, 0.05) is 5.56 Å². The van der Waals surface area contributed by atoms with E-state index >= 15 is 0 Å². The van der Waals surface area contributed by atoms with Crippen molar-refractivity contribution in [3.8, 4) is 22.8 Å². The number of amides is 1. The fraction of sp³-hybridized carbons (Fsp3) is 0.0870. The summed E-state index contributed by atoms with van der Waals surface area (Å²) in [6.07, 6.45) is 0. The third kappa shape index (κ3) is 3.91. The van der Waals surface area contributed by atoms with Crippen molar-refractivity contribution in [1.29, 1.82) is 0 Å². The number of hydrogen-bond acceptors (Lipinski definition) is 4. The molecule has 150 valence electrons. The second-order valence-electron chi connectivity index (χ2n) is 6.67. The maximum absolute atomic E-state index is 13.9. The van der Waals surface area contributed by atoms with Gasteiger partial charge < -0.3 is 10.1 Å². The monoisotopic (exact) mass is 402 g/mol. The molecule has 0 aliphatic carbocycles. The highest BCUT2D eigenvalue weighted by Crippen LogP contribution is 2.24. The van der Waals surface area contributed by atoms with Crippen LogP contribution in [0, 0.1) is 12.7 Å². The number of nitrogens with zero attached hydrogens (tertiary/aromatic N) is 3. The van der Waals surface area contributed by atoms with Crippen LogP contribution in [0.15, 0.2) is 72.8 Å². The van der Waals surface area contributed by atoms with E-state index < -0.39 is 11.7 Å². The van der Waals surface area contributed by atoms with Gasteiger partial charge in [0.2, 0.25) is 5.82 Å². The fourth-order valence-corrected chi connectivity index (χ4v) is 3.02. The molecule has 0 fully saturated rings. The second-order valence-corrected chi connectivity index (χ2v) is 6.67. The molecule has 4 rings (SSSR count). The lowest BCUT2D eigenvalue weighted by atomic mass is 10.1. The van der Waals surface area contributed by atoms with Crippen molar-refractivity contribution in [2.24, 2.45) is 0 Å². The van der Waals surface area contributed by atoms with E-state index in [0.29, 0.717) is 17.3 Å². The van der Waals surface area contributed by atoms with E-state index in [9.17, 15) is 9.18 Å². The summed E-state index contributed by atoms with van der Waals surface area (Å²) in [7, 11) is 1.59. The molecule has 0 radical (unpaired) electrons. The van der Waals surface area contributed by atoms with E-state index in [0.717, 1.165) is 11.1 Å². The summed E-state index contributed by atoms with van der Waals surface area (Å²) >= 11 is 0. The average molecular weight is 402 g/mol. The van der Waals surface area contributed by atoms with Crippen LogP contribution in [0.1, 0.15) is 16.2 Å². The minimum Gasteiger partial charge on any atom is -0.497 e. The van der Waals surface area contributed by atoms with E-state index in [1.165, 1.54) is 12.1 Å². The number of halogens is 1. The minimum atomic E-state index is -0.596. The lowest BCUT2D eigenvalue weighted by Crippen LogP contribution is -2.15. The smallest absolute Gasteiger partial charge is 0.295 e. The summed E-state index contributed by atoms with van der Waals surface area (Å²) in [5.74, 6) is 0.0160. The first kappa shape index (κ1) is 19.3. The Bertz CT molecular complexity index is 1200. The molecule has 7 heteroatoms. The van der Waals surface area contributed by atoms with Crippen LogP contribution in [0.3, 0.4) is 0 Å². The van der Waals surface area contributed by atoms with Gasteiger partial charge >= 0.3 is 0 Å². The molecule has 6 nitrogen and oxygen atoms in total. The normalized spacial score (nSPS) is 10.6. The van der Waals surface area contributed by atoms with E-state index in [1.807, 2.05) is 43.3 Å². The number of carbonyl (C=O) groups excluding carboxylic acids is 1. The molecule has 0 spiro atoms. The molecule has 4 aromatic rings. The predicted octanol–water partition coefficient (Wildman–Crippen LogP) is 4.64. The zero-order chi connectivity index (χ0) is 21.1. The molecule has 1 N–H and O–H groups in total. The van der Waals surface area contributed by atoms with Gasteiger partial charge in [-0.15, -0.1) is 5.10 Å². The van der Waals surface area contributed by atoms with Crippen molar-refractivity contribution in [1.82, 2.24) is 14.8 Å². The van der Waals surface area contributed by atoms with Crippen molar-refractivity contribution >= 4 is 11.6 Å². The standard InChI is InChI=1S/C23H19FN4O2/c1-15-6-5-7-16(14-15)22-26-21(23(29)25-20-9-4-3-8-19(20)24)27-28(22)17-10-12-18(30-2)13-11-17/h3-14H,1-2H3,(H,25,29). The lowest BCUT2D eigenvalue weighted by Gasteiger charge is -2.07. The Morgan fingerprint density at radius 1 is 1.03 bits per heavy atom. The highest BCUT2D eigenvalue weighted by atomic mass is 19.1. The maximum Gasteiger partial charge on any atom is 0.295 e. The third-order valence-electron chi connectivity index (χ3n) is 4.53. The van der Waals surface area contributed by atoms with Crippen LogP contribution in [0.4, 0.5) is 10.1 Å². The quantitative estimate of drug-likeness (QED) is 0.528. The largest absolute Gasteiger partial charge is 0.497 e. The molecular weight excluding hydrogens is 383 g/mol. The van der Waals surface area contributed by atoms with Gasteiger partial charge in [0.1, 0.15) is 11.6 Å². The minimum absolute atomic E-state index is 0.0643. The van der Waals surface area contributed by atoms with Crippen LogP contribution in [0.5, 0.6) is 5.75 Å². The lowest BCUT2D eigenvalue weighted by molar-refractivity contribution is 0.101. The molecule has 0 aliphatic heterocycles. The molecule has 1 amide bonds. The summed E-state index contributed by atoms with van der Waals surface area (Å²) in [6.45, 7) is 1.98. The van der Waals surface area contributed by atoms with Crippen molar-refractivity contribution in [2.75, 3.05) is 12.4 Å². The molecule has 1 heterocycles. The Hall–Kier alpha value is -4.00. The van der Waals surface area contributed by atoms with Crippen molar-refractivity contribution < 1.29 is 13.9 Å². The summed E-state index contributed by atoms with van der Waals surface area (Å²) in [5, 5.41) is 6.93. The topological polar surface area (TPSA) is 69.0 Å². The Morgan fingerprint density at radius 3 is 2.50 bits per heavy atom. The summed E-state index contributed by atoms with van der Waals surface area (Å²) in [5.41, 5.74) is 2.64. The Morgan fingerprint density at radius 2 is 1.80 bits per heavy atom. The molecule has 3 aromatic carbocycles. The number of anilines is 1. The average Bonchev–Trinajstić information content (AvgIpc) is 3.21. The van der Waals surface area contributed by atoms with Gasteiger partial charge in [-0.2, -0.15) is 0 Å². The van der Waals surface area contributed by atoms with E-state index in [2.05, 4.69) is 15.4 Å². The highest BCUT2D eigenvalue weighted by molar-refractivity contribution is 6.01. The maximum atomic E-state index is 13.9. The van der Waals surface area contributed by atoms with Gasteiger partial charge in [0.05, 0.1) is 18.5 Å². The van der Waals surface area contributed by atoms with Crippen LogP contribution in [0.2, 0.25) is 0 Å². The molecular formula is C23H19FN4O2. The number of carbonyl (C=O) groups is 1. The number of aromatic nitrogens is 3. The number of ether oxygens (including phenoxy) is 1. The molecule has 0 saturated carbocycles. The molecule has 1 aromatic heterocycles. The fourth-order valence-electron chi connectivity index (χ4n) is 3.02. The number of methoxy groups -OCH3 is 1. The zero-order valence-corrected chi connectivity index (χ0v) is 16.5. The van der Waals surface area contributed by atoms with Crippen LogP contribution in [0.25, 0.3) is 17.1 Å². The predicted molar refractivity (Wildman–Crippen MR) is 112 cm³/mol. The first-order valence-corrected chi connectivity index (χ1v) is 9.29. The van der Waals surface area contributed by atoms with Gasteiger partial charge in [-0.1, -0.05) is 35.9 Å².